The zero-order valence-corrected chi connectivity index (χ0v) is 14.7. The molecule has 0 atom stereocenters. The fourth-order valence-electron chi connectivity index (χ4n) is 2.63. The number of fused-ring (bicyclic) bond motifs is 2. The van der Waals surface area contributed by atoms with E-state index in [9.17, 15) is 0 Å². The SMILES string of the molecule is COc1ccc2nc(-c3nn4c(-c5cccs5)nnc4s3)ccc2c1. The van der Waals surface area contributed by atoms with Crippen molar-refractivity contribution in [2.75, 3.05) is 7.11 Å². The molecular formula is C17H11N5OS2. The lowest BCUT2D eigenvalue weighted by Gasteiger charge is -2.03. The van der Waals surface area contributed by atoms with Crippen molar-refractivity contribution in [1.29, 1.82) is 0 Å². The number of pyridine rings is 1. The molecule has 0 aliphatic heterocycles. The van der Waals surface area contributed by atoms with Crippen molar-refractivity contribution in [3.8, 4) is 27.2 Å². The summed E-state index contributed by atoms with van der Waals surface area (Å²) in [6.45, 7) is 0. The number of thiophene rings is 1. The zero-order chi connectivity index (χ0) is 16.8. The molecule has 122 valence electrons. The maximum Gasteiger partial charge on any atom is 0.235 e. The number of hydrogen-bond donors (Lipinski definition) is 0. The van der Waals surface area contributed by atoms with Crippen molar-refractivity contribution in [3.05, 3.63) is 47.8 Å². The van der Waals surface area contributed by atoms with Crippen LogP contribution in [0.4, 0.5) is 0 Å². The van der Waals surface area contributed by atoms with Crippen LogP contribution in [0.3, 0.4) is 0 Å². The topological polar surface area (TPSA) is 65.2 Å². The number of rotatable bonds is 3. The molecule has 0 amide bonds. The van der Waals surface area contributed by atoms with Crippen LogP contribution in [0.2, 0.25) is 0 Å². The van der Waals surface area contributed by atoms with E-state index in [1.807, 2.05) is 47.8 Å². The minimum atomic E-state index is 0.759. The largest absolute Gasteiger partial charge is 0.497 e. The number of hydrogen-bond acceptors (Lipinski definition) is 7. The maximum atomic E-state index is 5.26. The Morgan fingerprint density at radius 1 is 1.08 bits per heavy atom. The van der Waals surface area contributed by atoms with Gasteiger partial charge in [-0.15, -0.1) is 21.5 Å². The van der Waals surface area contributed by atoms with E-state index in [2.05, 4.69) is 15.3 Å². The first-order valence-corrected chi connectivity index (χ1v) is 9.23. The summed E-state index contributed by atoms with van der Waals surface area (Å²) in [5, 5.41) is 17.0. The quantitative estimate of drug-likeness (QED) is 0.481. The Kier molecular flexibility index (Phi) is 3.25. The first-order chi connectivity index (χ1) is 12.3. The van der Waals surface area contributed by atoms with Gasteiger partial charge in [0.2, 0.25) is 4.96 Å². The standard InChI is InChI=1S/C17H11N5OS2/c1-23-11-5-7-12-10(9-11)4-6-13(18-12)16-21-22-15(14-3-2-8-24-14)19-20-17(22)25-16/h2-9H,1H3. The molecule has 0 unspecified atom stereocenters. The van der Waals surface area contributed by atoms with Crippen molar-refractivity contribution in [2.24, 2.45) is 0 Å². The summed E-state index contributed by atoms with van der Waals surface area (Å²) in [6.07, 6.45) is 0. The molecule has 25 heavy (non-hydrogen) atoms. The van der Waals surface area contributed by atoms with Gasteiger partial charge in [0.15, 0.2) is 10.8 Å². The van der Waals surface area contributed by atoms with Crippen molar-refractivity contribution >= 4 is 38.5 Å². The Hall–Kier alpha value is -2.84. The Bertz CT molecular complexity index is 1190. The average molecular weight is 365 g/mol. The van der Waals surface area contributed by atoms with Crippen LogP contribution in [-0.2, 0) is 0 Å². The summed E-state index contributed by atoms with van der Waals surface area (Å²) in [5.41, 5.74) is 1.73. The smallest absolute Gasteiger partial charge is 0.235 e. The van der Waals surface area contributed by atoms with Gasteiger partial charge in [-0.1, -0.05) is 23.5 Å². The van der Waals surface area contributed by atoms with Gasteiger partial charge in [0, 0.05) is 5.39 Å². The number of nitrogens with zero attached hydrogens (tertiary/aromatic N) is 5. The van der Waals surface area contributed by atoms with E-state index in [0.29, 0.717) is 0 Å². The monoisotopic (exact) mass is 365 g/mol. The van der Waals surface area contributed by atoms with Crippen LogP contribution in [0.5, 0.6) is 5.75 Å². The summed E-state index contributed by atoms with van der Waals surface area (Å²) < 4.78 is 7.04. The molecule has 0 spiro atoms. The molecule has 4 heterocycles. The zero-order valence-electron chi connectivity index (χ0n) is 13.1. The number of methoxy groups -OCH3 is 1. The highest BCUT2D eigenvalue weighted by atomic mass is 32.1. The van der Waals surface area contributed by atoms with Gasteiger partial charge < -0.3 is 4.74 Å². The highest BCUT2D eigenvalue weighted by molar-refractivity contribution is 7.19. The molecule has 0 N–H and O–H groups in total. The molecule has 1 aromatic carbocycles. The predicted molar refractivity (Wildman–Crippen MR) is 99.3 cm³/mol. The number of ether oxygens (including phenoxy) is 1. The fraction of sp³-hybridized carbons (Fsp3) is 0.0588. The second kappa shape index (κ2) is 5.61. The van der Waals surface area contributed by atoms with Gasteiger partial charge in [-0.3, -0.25) is 0 Å². The third-order valence-electron chi connectivity index (χ3n) is 3.85. The third kappa shape index (κ3) is 2.38. The molecular weight excluding hydrogens is 354 g/mol. The van der Waals surface area contributed by atoms with Crippen LogP contribution >= 0.6 is 22.7 Å². The summed E-state index contributed by atoms with van der Waals surface area (Å²) in [6, 6.07) is 13.8. The van der Waals surface area contributed by atoms with Crippen molar-refractivity contribution in [1.82, 2.24) is 24.8 Å². The van der Waals surface area contributed by atoms with Crippen molar-refractivity contribution in [3.63, 3.8) is 0 Å². The molecule has 0 fully saturated rings. The second-order valence-electron chi connectivity index (χ2n) is 5.36. The maximum absolute atomic E-state index is 5.26. The van der Waals surface area contributed by atoms with Gasteiger partial charge in [-0.05, 0) is 35.7 Å². The Morgan fingerprint density at radius 2 is 2.04 bits per heavy atom. The molecule has 5 rings (SSSR count). The van der Waals surface area contributed by atoms with Crippen LogP contribution in [0, 0.1) is 0 Å². The molecule has 0 bridgehead atoms. The van der Waals surface area contributed by atoms with E-state index in [1.165, 1.54) is 11.3 Å². The number of aromatic nitrogens is 5. The van der Waals surface area contributed by atoms with Crippen LogP contribution < -0.4 is 4.74 Å². The van der Waals surface area contributed by atoms with E-state index < -0.39 is 0 Å². The van der Waals surface area contributed by atoms with Crippen LogP contribution in [0.1, 0.15) is 0 Å². The first kappa shape index (κ1) is 14.5. The van der Waals surface area contributed by atoms with E-state index in [0.717, 1.165) is 43.0 Å². The molecule has 0 aliphatic carbocycles. The van der Waals surface area contributed by atoms with E-state index in [1.54, 1.807) is 23.0 Å². The summed E-state index contributed by atoms with van der Waals surface area (Å²) in [7, 11) is 1.66. The Balaban J connectivity index is 1.62. The lowest BCUT2D eigenvalue weighted by molar-refractivity contribution is 0.415. The van der Waals surface area contributed by atoms with Crippen LogP contribution in [0.25, 0.3) is 37.3 Å². The molecule has 4 aromatic heterocycles. The molecule has 0 saturated heterocycles. The normalized spacial score (nSPS) is 11.4. The van der Waals surface area contributed by atoms with E-state index in [4.69, 9.17) is 9.72 Å². The van der Waals surface area contributed by atoms with Gasteiger partial charge in [0.25, 0.3) is 0 Å². The van der Waals surface area contributed by atoms with Gasteiger partial charge in [0.05, 0.1) is 17.5 Å². The molecule has 8 heteroatoms. The Labute approximate surface area is 150 Å². The predicted octanol–water partition coefficient (Wildman–Crippen LogP) is 4.14. The fourth-order valence-corrected chi connectivity index (χ4v) is 4.13. The van der Waals surface area contributed by atoms with Gasteiger partial charge in [0.1, 0.15) is 11.4 Å². The highest BCUT2D eigenvalue weighted by Gasteiger charge is 2.16. The lowest BCUT2D eigenvalue weighted by atomic mass is 10.2. The van der Waals surface area contributed by atoms with Crippen LogP contribution in [-0.4, -0.2) is 31.9 Å². The summed E-state index contributed by atoms with van der Waals surface area (Å²) in [5.74, 6) is 1.58. The van der Waals surface area contributed by atoms with Crippen molar-refractivity contribution in [2.45, 2.75) is 0 Å². The summed E-state index contributed by atoms with van der Waals surface area (Å²) >= 11 is 3.10. The third-order valence-corrected chi connectivity index (χ3v) is 5.64. The molecule has 0 aliphatic rings. The minimum absolute atomic E-state index is 0.759. The summed E-state index contributed by atoms with van der Waals surface area (Å²) in [4.78, 5) is 6.53. The lowest BCUT2D eigenvalue weighted by Crippen LogP contribution is -1.91. The molecule has 0 radical (unpaired) electrons. The molecule has 0 saturated carbocycles. The van der Waals surface area contributed by atoms with Crippen molar-refractivity contribution < 1.29 is 4.74 Å². The van der Waals surface area contributed by atoms with Gasteiger partial charge in [-0.2, -0.15) is 9.61 Å². The first-order valence-electron chi connectivity index (χ1n) is 7.53. The number of benzene rings is 1. The average Bonchev–Trinajstić information content (AvgIpc) is 3.37. The minimum Gasteiger partial charge on any atom is -0.497 e. The van der Waals surface area contributed by atoms with E-state index in [-0.39, 0.29) is 0 Å². The second-order valence-corrected chi connectivity index (χ2v) is 7.26. The van der Waals surface area contributed by atoms with Gasteiger partial charge >= 0.3 is 0 Å². The van der Waals surface area contributed by atoms with E-state index >= 15 is 0 Å². The molecule has 5 aromatic rings. The Morgan fingerprint density at radius 3 is 2.88 bits per heavy atom. The van der Waals surface area contributed by atoms with Gasteiger partial charge in [-0.25, -0.2) is 4.98 Å². The molecule has 6 nitrogen and oxygen atoms in total. The van der Waals surface area contributed by atoms with Crippen LogP contribution in [0.15, 0.2) is 47.8 Å². The highest BCUT2D eigenvalue weighted by Crippen LogP contribution is 2.30.